The Morgan fingerprint density at radius 3 is 2.00 bits per heavy atom. The van der Waals surface area contributed by atoms with Gasteiger partial charge < -0.3 is 5.21 Å². The summed E-state index contributed by atoms with van der Waals surface area (Å²) in [7, 11) is 0. The summed E-state index contributed by atoms with van der Waals surface area (Å²) in [5, 5.41) is 13.2. The molecule has 0 radical (unpaired) electrons. The van der Waals surface area contributed by atoms with Crippen LogP contribution >= 0.6 is 0 Å². The molecule has 0 amide bonds. The van der Waals surface area contributed by atoms with Crippen LogP contribution in [0.1, 0.15) is 23.2 Å². The van der Waals surface area contributed by atoms with E-state index in [1.165, 1.54) is 10.3 Å². The quantitative estimate of drug-likeness (QED) is 0.624. The van der Waals surface area contributed by atoms with Crippen molar-refractivity contribution in [2.45, 2.75) is 12.1 Å². The molecule has 2 N–H and O–H groups in total. The minimum atomic E-state index is -0.0893. The molecule has 2 unspecified atom stereocenters. The standard InChI is InChI=1S/C15H14N2O/c18-17-11-16-14(12-7-3-1-4-8-12)15(17)13-9-5-2-6-10-13/h1-11,14-15,18H/p+1. The third-order valence-corrected chi connectivity index (χ3v) is 3.29. The number of hydroxylamine groups is 1. The van der Waals surface area contributed by atoms with Crippen molar-refractivity contribution in [3.8, 4) is 0 Å². The fourth-order valence-corrected chi connectivity index (χ4v) is 2.42. The fourth-order valence-electron chi connectivity index (χ4n) is 2.42. The Kier molecular flexibility index (Phi) is 2.73. The molecule has 1 heterocycles. The van der Waals surface area contributed by atoms with Crippen LogP contribution in [0, 0.1) is 0 Å². The second-order valence-corrected chi connectivity index (χ2v) is 4.42. The first-order valence-corrected chi connectivity index (χ1v) is 6.03. The zero-order chi connectivity index (χ0) is 12.4. The molecule has 2 aromatic carbocycles. The Morgan fingerprint density at radius 1 is 0.833 bits per heavy atom. The van der Waals surface area contributed by atoms with Crippen molar-refractivity contribution in [2.24, 2.45) is 0 Å². The monoisotopic (exact) mass is 239 g/mol. The molecule has 0 aromatic heterocycles. The summed E-state index contributed by atoms with van der Waals surface area (Å²) in [5.41, 5.74) is 2.26. The summed E-state index contributed by atoms with van der Waals surface area (Å²) in [6.45, 7) is 0. The highest BCUT2D eigenvalue weighted by Gasteiger charge is 2.38. The van der Waals surface area contributed by atoms with E-state index >= 15 is 0 Å². The van der Waals surface area contributed by atoms with Crippen molar-refractivity contribution < 1.29 is 9.95 Å². The van der Waals surface area contributed by atoms with Gasteiger partial charge in [0.25, 0.3) is 6.34 Å². The lowest BCUT2D eigenvalue weighted by molar-refractivity contribution is -0.798. The molecule has 3 rings (SSSR count). The van der Waals surface area contributed by atoms with Gasteiger partial charge in [0, 0.05) is 11.1 Å². The maximum Gasteiger partial charge on any atom is 0.273 e. The average molecular weight is 239 g/mol. The van der Waals surface area contributed by atoms with E-state index in [-0.39, 0.29) is 12.1 Å². The summed E-state index contributed by atoms with van der Waals surface area (Å²) in [5.74, 6) is 0. The molecule has 0 saturated heterocycles. The van der Waals surface area contributed by atoms with Crippen molar-refractivity contribution in [1.29, 1.82) is 0 Å². The first-order chi connectivity index (χ1) is 8.86. The molecule has 18 heavy (non-hydrogen) atoms. The molecule has 1 aliphatic rings. The smallest absolute Gasteiger partial charge is 0.273 e. The fraction of sp³-hybridized carbons (Fsp3) is 0.133. The second-order valence-electron chi connectivity index (χ2n) is 4.42. The van der Waals surface area contributed by atoms with E-state index in [1.54, 1.807) is 6.34 Å². The first kappa shape index (κ1) is 10.8. The van der Waals surface area contributed by atoms with Gasteiger partial charge in [-0.15, -0.1) is 0 Å². The molecule has 0 fully saturated rings. The Balaban J connectivity index is 1.98. The van der Waals surface area contributed by atoms with Gasteiger partial charge in [0.15, 0.2) is 6.04 Å². The van der Waals surface area contributed by atoms with E-state index in [9.17, 15) is 5.21 Å². The zero-order valence-corrected chi connectivity index (χ0v) is 9.90. The van der Waals surface area contributed by atoms with Gasteiger partial charge in [-0.3, -0.25) is 5.32 Å². The van der Waals surface area contributed by atoms with Crippen LogP contribution in [0.2, 0.25) is 0 Å². The van der Waals surface area contributed by atoms with E-state index in [1.807, 2.05) is 48.5 Å². The maximum absolute atomic E-state index is 9.99. The van der Waals surface area contributed by atoms with Gasteiger partial charge in [0.05, 0.1) is 0 Å². The summed E-state index contributed by atoms with van der Waals surface area (Å²) in [4.78, 5) is 0. The molecule has 90 valence electrons. The Morgan fingerprint density at radius 2 is 1.39 bits per heavy atom. The molecule has 0 bridgehead atoms. The van der Waals surface area contributed by atoms with Gasteiger partial charge in [-0.2, -0.15) is 0 Å². The van der Waals surface area contributed by atoms with Crippen molar-refractivity contribution in [3.63, 3.8) is 0 Å². The molecule has 3 nitrogen and oxygen atoms in total. The number of nitrogens with one attached hydrogen (secondary N) is 1. The molecule has 0 spiro atoms. The Labute approximate surface area is 106 Å². The molecule has 1 aliphatic heterocycles. The topological polar surface area (TPSA) is 35.3 Å². The molecule has 0 saturated carbocycles. The van der Waals surface area contributed by atoms with Crippen LogP contribution in [-0.2, 0) is 0 Å². The third kappa shape index (κ3) is 1.84. The Hall–Kier alpha value is -2.29. The van der Waals surface area contributed by atoms with Gasteiger partial charge >= 0.3 is 0 Å². The number of rotatable bonds is 2. The number of hydrogen-bond acceptors (Lipinski definition) is 2. The first-order valence-electron chi connectivity index (χ1n) is 6.03. The van der Waals surface area contributed by atoms with E-state index < -0.39 is 0 Å². The third-order valence-electron chi connectivity index (χ3n) is 3.29. The second kappa shape index (κ2) is 4.53. The number of benzene rings is 2. The van der Waals surface area contributed by atoms with Crippen LogP contribution in [0.25, 0.3) is 0 Å². The van der Waals surface area contributed by atoms with Gasteiger partial charge in [-0.1, -0.05) is 65.4 Å². The maximum atomic E-state index is 9.99. The highest BCUT2D eigenvalue weighted by Crippen LogP contribution is 2.33. The van der Waals surface area contributed by atoms with Crippen LogP contribution < -0.4 is 5.32 Å². The van der Waals surface area contributed by atoms with Crippen LogP contribution in [-0.4, -0.2) is 16.3 Å². The van der Waals surface area contributed by atoms with Gasteiger partial charge in [0.2, 0.25) is 6.04 Å². The van der Waals surface area contributed by atoms with Crippen molar-refractivity contribution in [3.05, 3.63) is 71.8 Å². The SMILES string of the molecule is O[N+]1=CNC(c2ccccc2)C1c1ccccc1. The van der Waals surface area contributed by atoms with Crippen LogP contribution in [0.15, 0.2) is 60.7 Å². The molecule has 2 atom stereocenters. The Bertz CT molecular complexity index is 551. The number of nitrogens with zero attached hydrogens (tertiary/aromatic N) is 1. The molecule has 2 aromatic rings. The summed E-state index contributed by atoms with van der Waals surface area (Å²) >= 11 is 0. The van der Waals surface area contributed by atoms with Crippen LogP contribution in [0.5, 0.6) is 0 Å². The zero-order valence-electron chi connectivity index (χ0n) is 9.90. The predicted octanol–water partition coefficient (Wildman–Crippen LogP) is 2.50. The van der Waals surface area contributed by atoms with E-state index in [0.29, 0.717) is 0 Å². The minimum Gasteiger partial charge on any atom is -0.355 e. The van der Waals surface area contributed by atoms with Crippen molar-refractivity contribution in [2.75, 3.05) is 0 Å². The van der Waals surface area contributed by atoms with Gasteiger partial charge in [-0.25, -0.2) is 0 Å². The van der Waals surface area contributed by atoms with Gasteiger partial charge in [-0.05, 0) is 0 Å². The van der Waals surface area contributed by atoms with Gasteiger partial charge in [0.1, 0.15) is 0 Å². The lowest BCUT2D eigenvalue weighted by Crippen LogP contribution is -2.20. The van der Waals surface area contributed by atoms with Crippen molar-refractivity contribution >= 4 is 6.34 Å². The van der Waals surface area contributed by atoms with Crippen molar-refractivity contribution in [1.82, 2.24) is 5.32 Å². The summed E-state index contributed by atoms with van der Waals surface area (Å²) < 4.78 is 1.24. The lowest BCUT2D eigenvalue weighted by atomic mass is 9.95. The van der Waals surface area contributed by atoms with E-state index in [0.717, 1.165) is 5.56 Å². The molecular formula is C15H15N2O+. The summed E-state index contributed by atoms with van der Waals surface area (Å²) in [6.07, 6.45) is 1.62. The normalized spacial score (nSPS) is 22.3. The lowest BCUT2D eigenvalue weighted by Gasteiger charge is -2.15. The minimum absolute atomic E-state index is 0.0681. The summed E-state index contributed by atoms with van der Waals surface area (Å²) in [6, 6.07) is 20.2. The predicted molar refractivity (Wildman–Crippen MR) is 69.6 cm³/mol. The highest BCUT2D eigenvalue weighted by atomic mass is 16.5. The largest absolute Gasteiger partial charge is 0.355 e. The molecule has 0 aliphatic carbocycles. The molecular weight excluding hydrogens is 224 g/mol. The highest BCUT2D eigenvalue weighted by molar-refractivity contribution is 5.52. The molecule has 3 heteroatoms. The van der Waals surface area contributed by atoms with Crippen LogP contribution in [0.3, 0.4) is 0 Å². The number of hydrogen-bond donors (Lipinski definition) is 2. The van der Waals surface area contributed by atoms with E-state index in [2.05, 4.69) is 17.4 Å². The van der Waals surface area contributed by atoms with E-state index in [4.69, 9.17) is 0 Å². The van der Waals surface area contributed by atoms with Crippen LogP contribution in [0.4, 0.5) is 0 Å². The average Bonchev–Trinajstić information content (AvgIpc) is 2.83.